The highest BCUT2D eigenvalue weighted by atomic mass is 32.2. The lowest BCUT2D eigenvalue weighted by atomic mass is 10.1. The highest BCUT2D eigenvalue weighted by molar-refractivity contribution is 7.89. The fourth-order valence-corrected chi connectivity index (χ4v) is 5.42. The molecule has 0 unspecified atom stereocenters. The lowest BCUT2D eigenvalue weighted by Crippen LogP contribution is -2.52. The Labute approximate surface area is 164 Å². The van der Waals surface area contributed by atoms with Gasteiger partial charge in [-0.15, -0.1) is 0 Å². The van der Waals surface area contributed by atoms with E-state index in [1.807, 2.05) is 4.90 Å². The molecule has 1 amide bonds. The van der Waals surface area contributed by atoms with Gasteiger partial charge in [0.15, 0.2) is 4.90 Å². The average Bonchev–Trinajstić information content (AvgIpc) is 2.90. The number of hydrogen-bond donors (Lipinski definition) is 1. The minimum atomic E-state index is -4.25. The summed E-state index contributed by atoms with van der Waals surface area (Å²) in [5, 5.41) is 3.08. The first-order valence-corrected chi connectivity index (χ1v) is 11.3. The Morgan fingerprint density at radius 1 is 1.00 bits per heavy atom. The lowest BCUT2D eigenvalue weighted by molar-refractivity contribution is -0.123. The number of sulfonamides is 1. The van der Waals surface area contributed by atoms with E-state index in [9.17, 15) is 22.0 Å². The second-order valence-electron chi connectivity index (χ2n) is 7.49. The molecule has 1 heterocycles. The third-order valence-electron chi connectivity index (χ3n) is 5.44. The van der Waals surface area contributed by atoms with E-state index in [1.54, 1.807) is 0 Å². The second-order valence-corrected chi connectivity index (χ2v) is 9.36. The molecule has 1 aromatic carbocycles. The van der Waals surface area contributed by atoms with E-state index in [0.717, 1.165) is 48.2 Å². The van der Waals surface area contributed by atoms with Gasteiger partial charge in [0.25, 0.3) is 0 Å². The normalized spacial score (nSPS) is 20.6. The first-order valence-electron chi connectivity index (χ1n) is 9.84. The van der Waals surface area contributed by atoms with Crippen molar-refractivity contribution in [3.8, 4) is 0 Å². The third kappa shape index (κ3) is 5.07. The van der Waals surface area contributed by atoms with E-state index in [1.165, 1.54) is 12.8 Å². The summed E-state index contributed by atoms with van der Waals surface area (Å²) in [7, 11) is -4.25. The van der Waals surface area contributed by atoms with Crippen molar-refractivity contribution in [1.82, 2.24) is 14.5 Å². The molecule has 6 nitrogen and oxygen atoms in total. The van der Waals surface area contributed by atoms with Crippen LogP contribution in [0.4, 0.5) is 8.78 Å². The second kappa shape index (κ2) is 9.28. The molecule has 0 atom stereocenters. The molecule has 28 heavy (non-hydrogen) atoms. The van der Waals surface area contributed by atoms with E-state index in [-0.39, 0.29) is 31.6 Å². The minimum Gasteiger partial charge on any atom is -0.352 e. The van der Waals surface area contributed by atoms with Crippen molar-refractivity contribution in [1.29, 1.82) is 0 Å². The molecule has 9 heteroatoms. The Hall–Kier alpha value is -1.58. The Bertz CT molecular complexity index is 767. The highest BCUT2D eigenvalue weighted by Gasteiger charge is 2.33. The van der Waals surface area contributed by atoms with Crippen molar-refractivity contribution in [3.63, 3.8) is 0 Å². The van der Waals surface area contributed by atoms with E-state index in [0.29, 0.717) is 13.1 Å². The molecule has 1 N–H and O–H groups in total. The molecule has 0 radical (unpaired) electrons. The molecule has 0 spiro atoms. The molecular formula is C19H27F2N3O3S. The number of halogens is 2. The van der Waals surface area contributed by atoms with Crippen molar-refractivity contribution in [2.75, 3.05) is 32.7 Å². The Kier molecular flexibility index (Phi) is 7.00. The van der Waals surface area contributed by atoms with Crippen LogP contribution in [0, 0.1) is 11.6 Å². The number of amides is 1. The number of nitrogens with zero attached hydrogens (tertiary/aromatic N) is 2. The van der Waals surface area contributed by atoms with Gasteiger partial charge < -0.3 is 5.32 Å². The molecule has 2 aliphatic rings. The van der Waals surface area contributed by atoms with Gasteiger partial charge in [-0.3, -0.25) is 9.69 Å². The summed E-state index contributed by atoms with van der Waals surface area (Å²) in [6.07, 6.45) is 6.71. The molecule has 1 aliphatic heterocycles. The zero-order valence-electron chi connectivity index (χ0n) is 15.9. The Morgan fingerprint density at radius 2 is 1.57 bits per heavy atom. The number of hydrogen-bond acceptors (Lipinski definition) is 4. The largest absolute Gasteiger partial charge is 0.352 e. The molecule has 3 rings (SSSR count). The van der Waals surface area contributed by atoms with Crippen molar-refractivity contribution in [2.24, 2.45) is 0 Å². The van der Waals surface area contributed by atoms with Gasteiger partial charge in [-0.25, -0.2) is 17.2 Å². The summed E-state index contributed by atoms with van der Waals surface area (Å²) in [6, 6.07) is 3.23. The first kappa shape index (κ1) is 21.1. The molecule has 0 aromatic heterocycles. The van der Waals surface area contributed by atoms with Crippen LogP contribution in [0.1, 0.15) is 38.5 Å². The summed E-state index contributed by atoms with van der Waals surface area (Å²) in [4.78, 5) is 13.3. The van der Waals surface area contributed by atoms with Crippen LogP contribution in [0.2, 0.25) is 0 Å². The van der Waals surface area contributed by atoms with E-state index >= 15 is 0 Å². The summed E-state index contributed by atoms with van der Waals surface area (Å²) in [5.74, 6) is -2.24. The van der Waals surface area contributed by atoms with Gasteiger partial charge in [0.1, 0.15) is 11.6 Å². The van der Waals surface area contributed by atoms with Gasteiger partial charge in [-0.05, 0) is 25.0 Å². The summed E-state index contributed by atoms with van der Waals surface area (Å²) < 4.78 is 54.1. The number of carbonyl (C=O) groups is 1. The van der Waals surface area contributed by atoms with Crippen molar-refractivity contribution < 1.29 is 22.0 Å². The summed E-state index contributed by atoms with van der Waals surface area (Å²) in [5.41, 5.74) is 0. The number of nitrogens with one attached hydrogen (secondary N) is 1. The van der Waals surface area contributed by atoms with E-state index < -0.39 is 26.6 Å². The standard InChI is InChI=1S/C19H27F2N3O3S/c20-16-8-5-9-17(21)19(16)28(26,27)24-12-10-23(11-13-24)14-18(25)22-15-6-3-1-2-4-7-15/h5,8-9,15H,1-4,6-7,10-14H2,(H,22,25). The predicted octanol–water partition coefficient (Wildman–Crippen LogP) is 2.11. The van der Waals surface area contributed by atoms with Crippen LogP contribution in [-0.2, 0) is 14.8 Å². The van der Waals surface area contributed by atoms with Crippen LogP contribution in [0.5, 0.6) is 0 Å². The number of benzene rings is 1. The number of rotatable bonds is 5. The third-order valence-corrected chi connectivity index (χ3v) is 7.39. The molecular weight excluding hydrogens is 388 g/mol. The minimum absolute atomic E-state index is 0.0524. The molecule has 2 fully saturated rings. The van der Waals surface area contributed by atoms with Gasteiger partial charge in [0.2, 0.25) is 15.9 Å². The van der Waals surface area contributed by atoms with Gasteiger partial charge in [-0.2, -0.15) is 4.31 Å². The molecule has 1 saturated heterocycles. The van der Waals surface area contributed by atoms with Crippen LogP contribution in [-0.4, -0.2) is 62.3 Å². The predicted molar refractivity (Wildman–Crippen MR) is 101 cm³/mol. The van der Waals surface area contributed by atoms with Crippen LogP contribution >= 0.6 is 0 Å². The maximum absolute atomic E-state index is 13.9. The zero-order valence-corrected chi connectivity index (χ0v) is 16.7. The Morgan fingerprint density at radius 3 is 2.14 bits per heavy atom. The van der Waals surface area contributed by atoms with E-state index in [4.69, 9.17) is 0 Å². The van der Waals surface area contributed by atoms with Crippen LogP contribution in [0.15, 0.2) is 23.1 Å². The number of piperazine rings is 1. The van der Waals surface area contributed by atoms with Crippen molar-refractivity contribution in [3.05, 3.63) is 29.8 Å². The van der Waals surface area contributed by atoms with E-state index in [2.05, 4.69) is 5.32 Å². The SMILES string of the molecule is O=C(CN1CCN(S(=O)(=O)c2c(F)cccc2F)CC1)NC1CCCCCC1. The molecule has 1 aromatic rings. The maximum Gasteiger partial charge on any atom is 0.249 e. The lowest BCUT2D eigenvalue weighted by Gasteiger charge is -2.33. The molecule has 1 saturated carbocycles. The van der Waals surface area contributed by atoms with Gasteiger partial charge >= 0.3 is 0 Å². The van der Waals surface area contributed by atoms with Crippen LogP contribution in [0.3, 0.4) is 0 Å². The molecule has 0 bridgehead atoms. The van der Waals surface area contributed by atoms with Crippen LogP contribution < -0.4 is 5.32 Å². The van der Waals surface area contributed by atoms with Gasteiger partial charge in [-0.1, -0.05) is 31.7 Å². The van der Waals surface area contributed by atoms with Crippen molar-refractivity contribution >= 4 is 15.9 Å². The van der Waals surface area contributed by atoms with Crippen molar-refractivity contribution in [2.45, 2.75) is 49.5 Å². The first-order chi connectivity index (χ1) is 13.4. The smallest absolute Gasteiger partial charge is 0.249 e. The van der Waals surface area contributed by atoms with Gasteiger partial charge in [0.05, 0.1) is 6.54 Å². The Balaban J connectivity index is 1.53. The van der Waals surface area contributed by atoms with Gasteiger partial charge in [0, 0.05) is 32.2 Å². The number of carbonyl (C=O) groups excluding carboxylic acids is 1. The topological polar surface area (TPSA) is 69.7 Å². The fourth-order valence-electron chi connectivity index (χ4n) is 3.89. The molecule has 156 valence electrons. The fraction of sp³-hybridized carbons (Fsp3) is 0.632. The summed E-state index contributed by atoms with van der Waals surface area (Å²) >= 11 is 0. The van der Waals surface area contributed by atoms with Crippen LogP contribution in [0.25, 0.3) is 0 Å². The maximum atomic E-state index is 13.9. The molecule has 1 aliphatic carbocycles. The quantitative estimate of drug-likeness (QED) is 0.748. The monoisotopic (exact) mass is 415 g/mol. The highest BCUT2D eigenvalue weighted by Crippen LogP contribution is 2.23. The average molecular weight is 416 g/mol. The summed E-state index contributed by atoms with van der Waals surface area (Å²) in [6.45, 7) is 1.07. The zero-order chi connectivity index (χ0) is 20.1.